The van der Waals surface area contributed by atoms with E-state index >= 15 is 0 Å². The van der Waals surface area contributed by atoms with Crippen LogP contribution in [0.1, 0.15) is 29.3 Å². The van der Waals surface area contributed by atoms with Gasteiger partial charge < -0.3 is 15.3 Å². The van der Waals surface area contributed by atoms with Crippen LogP contribution in [0.3, 0.4) is 0 Å². The van der Waals surface area contributed by atoms with Crippen LogP contribution in [0.2, 0.25) is 0 Å². The number of hydrogen-bond acceptors (Lipinski definition) is 3. The lowest BCUT2D eigenvalue weighted by atomic mass is 10.0. The molecule has 3 N–H and O–H groups in total. The molecular weight excluding hydrogens is 292 g/mol. The van der Waals surface area contributed by atoms with Crippen molar-refractivity contribution in [3.63, 3.8) is 0 Å². The van der Waals surface area contributed by atoms with Gasteiger partial charge in [-0.2, -0.15) is 0 Å². The van der Waals surface area contributed by atoms with Gasteiger partial charge in [0.15, 0.2) is 0 Å². The van der Waals surface area contributed by atoms with E-state index in [0.29, 0.717) is 11.3 Å². The number of H-pyrrole nitrogens is 2. The van der Waals surface area contributed by atoms with Crippen LogP contribution >= 0.6 is 0 Å². The first-order valence-electron chi connectivity index (χ1n) is 7.72. The smallest absolute Gasteiger partial charge is 0.267 e. The van der Waals surface area contributed by atoms with Gasteiger partial charge in [0, 0.05) is 11.3 Å². The van der Waals surface area contributed by atoms with Gasteiger partial charge in [-0.25, -0.2) is 0 Å². The van der Waals surface area contributed by atoms with Crippen molar-refractivity contribution >= 4 is 5.91 Å². The molecule has 23 heavy (non-hydrogen) atoms. The predicted molar refractivity (Wildman–Crippen MR) is 90.4 cm³/mol. The van der Waals surface area contributed by atoms with Crippen molar-refractivity contribution in [2.24, 2.45) is 0 Å². The summed E-state index contributed by atoms with van der Waals surface area (Å²) in [5.74, 6) is -0.147. The van der Waals surface area contributed by atoms with Gasteiger partial charge in [0.25, 0.3) is 5.56 Å². The molecule has 6 nitrogen and oxygen atoms in total. The number of carbonyl (C=O) groups excluding carboxylic acids is 1. The van der Waals surface area contributed by atoms with Gasteiger partial charge >= 0.3 is 0 Å². The van der Waals surface area contributed by atoms with Crippen LogP contribution in [0.25, 0.3) is 0 Å². The Labute approximate surface area is 135 Å². The highest BCUT2D eigenvalue weighted by molar-refractivity contribution is 5.79. The molecule has 2 aromatic rings. The van der Waals surface area contributed by atoms with Crippen molar-refractivity contribution in [1.82, 2.24) is 20.4 Å². The molecule has 1 amide bonds. The first-order chi connectivity index (χ1) is 11.0. The zero-order chi connectivity index (χ0) is 16.8. The summed E-state index contributed by atoms with van der Waals surface area (Å²) in [5.41, 5.74) is 2.03. The second-order valence-corrected chi connectivity index (χ2v) is 5.98. The lowest BCUT2D eigenvalue weighted by Gasteiger charge is -2.21. The van der Waals surface area contributed by atoms with Gasteiger partial charge in [0.2, 0.25) is 5.91 Å². The summed E-state index contributed by atoms with van der Waals surface area (Å²) >= 11 is 0. The Morgan fingerprint density at radius 1 is 1.22 bits per heavy atom. The second-order valence-electron chi connectivity index (χ2n) is 5.98. The van der Waals surface area contributed by atoms with E-state index in [1.165, 1.54) is 0 Å². The minimum atomic E-state index is -0.234. The molecule has 2 rings (SSSR count). The molecule has 0 bridgehead atoms. The van der Waals surface area contributed by atoms with Crippen LogP contribution in [0.4, 0.5) is 0 Å². The highest BCUT2D eigenvalue weighted by atomic mass is 16.2. The molecule has 0 aliphatic heterocycles. The Morgan fingerprint density at radius 2 is 1.91 bits per heavy atom. The molecule has 0 spiro atoms. The van der Waals surface area contributed by atoms with Crippen LogP contribution < -0.4 is 10.9 Å². The fraction of sp³-hybridized carbons (Fsp3) is 0.412. The topological polar surface area (TPSA) is 81.0 Å². The molecule has 1 aromatic carbocycles. The molecule has 124 valence electrons. The van der Waals surface area contributed by atoms with E-state index in [0.717, 1.165) is 18.5 Å². The number of aromatic nitrogens is 2. The van der Waals surface area contributed by atoms with Crippen LogP contribution in [0.15, 0.2) is 35.1 Å². The average molecular weight is 316 g/mol. The number of aromatic amines is 2. The van der Waals surface area contributed by atoms with E-state index in [1.807, 2.05) is 44.4 Å². The second kappa shape index (κ2) is 7.78. The van der Waals surface area contributed by atoms with Crippen molar-refractivity contribution in [1.29, 1.82) is 0 Å². The van der Waals surface area contributed by atoms with E-state index in [2.05, 4.69) is 20.4 Å². The number of rotatable bonds is 7. The lowest BCUT2D eigenvalue weighted by molar-refractivity contribution is -0.121. The monoisotopic (exact) mass is 316 g/mol. The Hall–Kier alpha value is -2.34. The van der Waals surface area contributed by atoms with Crippen LogP contribution in [0, 0.1) is 6.92 Å². The maximum Gasteiger partial charge on any atom is 0.267 e. The lowest BCUT2D eigenvalue weighted by Crippen LogP contribution is -2.33. The SMILES string of the molecule is Cc1[nH][nH]c(=O)c1CC(=O)N[C@@H](CCN(C)C)c1ccccc1. The third-order valence-corrected chi connectivity index (χ3v) is 3.83. The number of carbonyl (C=O) groups is 1. The summed E-state index contributed by atoms with van der Waals surface area (Å²) in [6.45, 7) is 2.64. The number of nitrogens with zero attached hydrogens (tertiary/aromatic N) is 1. The van der Waals surface area contributed by atoms with Crippen molar-refractivity contribution in [2.75, 3.05) is 20.6 Å². The van der Waals surface area contributed by atoms with Gasteiger partial charge in [0.1, 0.15) is 0 Å². The van der Waals surface area contributed by atoms with Gasteiger partial charge in [0.05, 0.1) is 12.5 Å². The molecule has 0 saturated heterocycles. The molecule has 0 radical (unpaired) electrons. The molecular formula is C17H24N4O2. The summed E-state index contributed by atoms with van der Waals surface area (Å²) in [4.78, 5) is 26.1. The van der Waals surface area contributed by atoms with Crippen molar-refractivity contribution in [3.8, 4) is 0 Å². The average Bonchev–Trinajstić information content (AvgIpc) is 2.84. The fourth-order valence-corrected chi connectivity index (χ4v) is 2.49. The molecule has 0 aliphatic rings. The fourth-order valence-electron chi connectivity index (χ4n) is 2.49. The van der Waals surface area contributed by atoms with Gasteiger partial charge in [-0.15, -0.1) is 0 Å². The van der Waals surface area contributed by atoms with E-state index in [-0.39, 0.29) is 23.9 Å². The first-order valence-corrected chi connectivity index (χ1v) is 7.72. The first kappa shape index (κ1) is 17.0. The Morgan fingerprint density at radius 3 is 2.48 bits per heavy atom. The zero-order valence-electron chi connectivity index (χ0n) is 13.8. The highest BCUT2D eigenvalue weighted by Gasteiger charge is 2.17. The summed E-state index contributed by atoms with van der Waals surface area (Å²) in [6.07, 6.45) is 0.890. The largest absolute Gasteiger partial charge is 0.349 e. The number of aryl methyl sites for hydroxylation is 1. The summed E-state index contributed by atoms with van der Waals surface area (Å²) in [6, 6.07) is 9.83. The van der Waals surface area contributed by atoms with Gasteiger partial charge in [-0.3, -0.25) is 14.7 Å². The van der Waals surface area contributed by atoms with E-state index in [4.69, 9.17) is 0 Å². The standard InChI is InChI=1S/C17H24N4O2/c1-12-14(17(23)20-19-12)11-16(22)18-15(9-10-21(2)3)13-7-5-4-6-8-13/h4-8,15H,9-11H2,1-3H3,(H,18,22)(H2,19,20,23)/t15-/m0/s1. The number of benzene rings is 1. The summed E-state index contributed by atoms with van der Waals surface area (Å²) in [7, 11) is 4.01. The van der Waals surface area contributed by atoms with E-state index in [1.54, 1.807) is 6.92 Å². The molecule has 1 aromatic heterocycles. The molecule has 6 heteroatoms. The van der Waals surface area contributed by atoms with Gasteiger partial charge in [-0.05, 0) is 39.5 Å². The Balaban J connectivity index is 2.07. The molecule has 1 atom stereocenters. The maximum atomic E-state index is 12.4. The molecule has 0 aliphatic carbocycles. The predicted octanol–water partition coefficient (Wildman–Crippen LogP) is 1.36. The minimum absolute atomic E-state index is 0.0653. The van der Waals surface area contributed by atoms with E-state index < -0.39 is 0 Å². The van der Waals surface area contributed by atoms with E-state index in [9.17, 15) is 9.59 Å². The molecule has 0 saturated carbocycles. The van der Waals surface area contributed by atoms with Crippen molar-refractivity contribution in [2.45, 2.75) is 25.8 Å². The summed E-state index contributed by atoms with van der Waals surface area (Å²) < 4.78 is 0. The number of amides is 1. The van der Waals surface area contributed by atoms with Crippen LogP contribution in [-0.4, -0.2) is 41.6 Å². The van der Waals surface area contributed by atoms with Gasteiger partial charge in [-0.1, -0.05) is 30.3 Å². The normalized spacial score (nSPS) is 12.3. The Bertz CT molecular complexity index is 688. The quantitative estimate of drug-likeness (QED) is 0.721. The van der Waals surface area contributed by atoms with Crippen molar-refractivity contribution < 1.29 is 4.79 Å². The third-order valence-electron chi connectivity index (χ3n) is 3.83. The van der Waals surface area contributed by atoms with Crippen LogP contribution in [0.5, 0.6) is 0 Å². The molecule has 0 fully saturated rings. The minimum Gasteiger partial charge on any atom is -0.349 e. The Kier molecular flexibility index (Phi) is 5.76. The molecule has 1 heterocycles. The van der Waals surface area contributed by atoms with Crippen molar-refractivity contribution in [3.05, 3.63) is 57.5 Å². The number of hydrogen-bond donors (Lipinski definition) is 3. The number of nitrogens with one attached hydrogen (secondary N) is 3. The van der Waals surface area contributed by atoms with Crippen LogP contribution in [-0.2, 0) is 11.2 Å². The summed E-state index contributed by atoms with van der Waals surface area (Å²) in [5, 5.41) is 8.29. The maximum absolute atomic E-state index is 12.4. The zero-order valence-corrected chi connectivity index (χ0v) is 13.8. The molecule has 0 unspecified atom stereocenters. The highest BCUT2D eigenvalue weighted by Crippen LogP contribution is 2.17. The third kappa shape index (κ3) is 4.82.